The van der Waals surface area contributed by atoms with Gasteiger partial charge >= 0.3 is 0 Å². The molecule has 1 unspecified atom stereocenters. The van der Waals surface area contributed by atoms with Crippen molar-refractivity contribution in [3.8, 4) is 0 Å². The summed E-state index contributed by atoms with van der Waals surface area (Å²) in [6, 6.07) is 5.49. The summed E-state index contributed by atoms with van der Waals surface area (Å²) in [5, 5.41) is 3.51. The fourth-order valence-corrected chi connectivity index (χ4v) is 4.17. The van der Waals surface area contributed by atoms with E-state index in [1.54, 1.807) is 18.2 Å². The molecule has 1 aromatic carbocycles. The topological polar surface area (TPSA) is 87.5 Å². The number of fused-ring (bicyclic) bond motifs is 3. The van der Waals surface area contributed by atoms with E-state index in [0.717, 1.165) is 12.2 Å². The molecule has 4 rings (SSSR count). The van der Waals surface area contributed by atoms with Crippen molar-refractivity contribution < 1.29 is 8.42 Å². The standard InChI is InChI=1S/C14H22N4O2S/c1-16-21(19,20)14-3-2-11(8-12(14)15)17-13-9-18-6-4-10(13)5-7-18/h2-3,8,10,13,16-17H,4-7,9,15H2,1H3. The SMILES string of the molecule is CNS(=O)(=O)c1ccc(NC2CN3CCC2CC3)cc1N. The van der Waals surface area contributed by atoms with Gasteiger partial charge in [-0.15, -0.1) is 0 Å². The zero-order valence-corrected chi connectivity index (χ0v) is 13.0. The number of nitrogen functional groups attached to an aromatic ring is 1. The molecule has 0 radical (unpaired) electrons. The quantitative estimate of drug-likeness (QED) is 0.712. The van der Waals surface area contributed by atoms with E-state index < -0.39 is 10.0 Å². The van der Waals surface area contributed by atoms with E-state index in [2.05, 4.69) is 14.9 Å². The number of nitrogens with one attached hydrogen (secondary N) is 2. The second-order valence-corrected chi connectivity index (χ2v) is 7.70. The van der Waals surface area contributed by atoms with Crippen LogP contribution >= 0.6 is 0 Å². The predicted molar refractivity (Wildman–Crippen MR) is 83.7 cm³/mol. The summed E-state index contributed by atoms with van der Waals surface area (Å²) in [4.78, 5) is 2.60. The van der Waals surface area contributed by atoms with Crippen LogP contribution in [0.4, 0.5) is 11.4 Å². The molecular formula is C14H22N4O2S. The minimum Gasteiger partial charge on any atom is -0.398 e. The summed E-state index contributed by atoms with van der Waals surface area (Å²) in [6.07, 6.45) is 2.47. The Bertz CT molecular complexity index is 624. The van der Waals surface area contributed by atoms with Crippen LogP contribution in [0.2, 0.25) is 0 Å². The molecule has 0 aromatic heterocycles. The third-order valence-corrected chi connectivity index (χ3v) is 6.06. The van der Waals surface area contributed by atoms with E-state index in [4.69, 9.17) is 5.73 Å². The van der Waals surface area contributed by atoms with Crippen LogP contribution in [-0.2, 0) is 10.0 Å². The lowest BCUT2D eigenvalue weighted by Crippen LogP contribution is -2.53. The highest BCUT2D eigenvalue weighted by atomic mass is 32.2. The molecule has 3 aliphatic rings. The van der Waals surface area contributed by atoms with E-state index in [1.807, 2.05) is 0 Å². The molecule has 1 aromatic rings. The molecule has 3 fully saturated rings. The van der Waals surface area contributed by atoms with E-state index >= 15 is 0 Å². The van der Waals surface area contributed by atoms with Crippen LogP contribution in [0.1, 0.15) is 12.8 Å². The third kappa shape index (κ3) is 2.86. The van der Waals surface area contributed by atoms with Crippen LogP contribution in [0, 0.1) is 5.92 Å². The zero-order valence-electron chi connectivity index (χ0n) is 12.2. The average molecular weight is 310 g/mol. The number of nitrogens with two attached hydrogens (primary N) is 1. The second kappa shape index (κ2) is 5.47. The third-order valence-electron chi connectivity index (χ3n) is 4.58. The van der Waals surface area contributed by atoms with Crippen molar-refractivity contribution in [2.45, 2.75) is 23.8 Å². The van der Waals surface area contributed by atoms with Gasteiger partial charge in [0, 0.05) is 18.3 Å². The van der Waals surface area contributed by atoms with Crippen LogP contribution < -0.4 is 15.8 Å². The summed E-state index contributed by atoms with van der Waals surface area (Å²) in [7, 11) is -2.12. The summed E-state index contributed by atoms with van der Waals surface area (Å²) in [5.74, 6) is 0.706. The fourth-order valence-electron chi connectivity index (χ4n) is 3.34. The molecule has 116 valence electrons. The summed E-state index contributed by atoms with van der Waals surface area (Å²) in [6.45, 7) is 3.45. The lowest BCUT2D eigenvalue weighted by molar-refractivity contribution is 0.0975. The van der Waals surface area contributed by atoms with Gasteiger partial charge in [-0.2, -0.15) is 0 Å². The van der Waals surface area contributed by atoms with Gasteiger partial charge in [-0.25, -0.2) is 13.1 Å². The van der Waals surface area contributed by atoms with Crippen LogP contribution in [0.5, 0.6) is 0 Å². The monoisotopic (exact) mass is 310 g/mol. The first kappa shape index (κ1) is 14.6. The molecule has 7 heteroatoms. The number of nitrogens with zero attached hydrogens (tertiary/aromatic N) is 1. The fraction of sp³-hybridized carbons (Fsp3) is 0.571. The van der Waals surface area contributed by atoms with Crippen molar-refractivity contribution in [3.05, 3.63) is 18.2 Å². The molecule has 0 amide bonds. The Morgan fingerprint density at radius 1 is 1.29 bits per heavy atom. The average Bonchev–Trinajstić information content (AvgIpc) is 2.48. The van der Waals surface area contributed by atoms with Crippen LogP contribution in [-0.4, -0.2) is 46.0 Å². The minimum atomic E-state index is -3.50. The van der Waals surface area contributed by atoms with Crippen molar-refractivity contribution >= 4 is 21.4 Å². The number of anilines is 2. The van der Waals surface area contributed by atoms with E-state index in [1.165, 1.54) is 33.0 Å². The van der Waals surface area contributed by atoms with E-state index in [-0.39, 0.29) is 10.6 Å². The normalized spacial score (nSPS) is 28.5. The first-order chi connectivity index (χ1) is 9.99. The molecule has 0 aliphatic carbocycles. The lowest BCUT2D eigenvalue weighted by Gasteiger charge is -2.45. The van der Waals surface area contributed by atoms with Crippen LogP contribution in [0.25, 0.3) is 0 Å². The van der Waals surface area contributed by atoms with Gasteiger partial charge in [-0.3, -0.25) is 0 Å². The zero-order chi connectivity index (χ0) is 15.0. The molecule has 1 atom stereocenters. The Balaban J connectivity index is 1.77. The molecule has 2 bridgehead atoms. The van der Waals surface area contributed by atoms with Gasteiger partial charge in [-0.05, 0) is 57.1 Å². The Labute approximate surface area is 125 Å². The second-order valence-electron chi connectivity index (χ2n) is 5.85. The Morgan fingerprint density at radius 3 is 2.52 bits per heavy atom. The number of hydrogen-bond acceptors (Lipinski definition) is 5. The molecule has 3 heterocycles. The maximum atomic E-state index is 11.8. The van der Waals surface area contributed by atoms with E-state index in [0.29, 0.717) is 12.0 Å². The van der Waals surface area contributed by atoms with Gasteiger partial charge in [0.1, 0.15) is 4.90 Å². The highest BCUT2D eigenvalue weighted by Gasteiger charge is 2.34. The van der Waals surface area contributed by atoms with Crippen LogP contribution in [0.15, 0.2) is 23.1 Å². The van der Waals surface area contributed by atoms with Gasteiger partial charge in [-0.1, -0.05) is 0 Å². The minimum absolute atomic E-state index is 0.129. The smallest absolute Gasteiger partial charge is 0.242 e. The maximum Gasteiger partial charge on any atom is 0.242 e. The van der Waals surface area contributed by atoms with Gasteiger partial charge in [0.05, 0.1) is 5.69 Å². The Kier molecular flexibility index (Phi) is 3.81. The number of rotatable bonds is 4. The van der Waals surface area contributed by atoms with Gasteiger partial charge in [0.15, 0.2) is 0 Å². The first-order valence-electron chi connectivity index (χ1n) is 7.31. The number of hydrogen-bond donors (Lipinski definition) is 3. The van der Waals surface area contributed by atoms with Crippen molar-refractivity contribution in [2.24, 2.45) is 5.92 Å². The molecule has 21 heavy (non-hydrogen) atoms. The molecule has 3 aliphatic heterocycles. The van der Waals surface area contributed by atoms with Crippen LogP contribution in [0.3, 0.4) is 0 Å². The molecule has 3 saturated heterocycles. The van der Waals surface area contributed by atoms with Crippen molar-refractivity contribution in [2.75, 3.05) is 37.7 Å². The molecule has 0 spiro atoms. The molecular weight excluding hydrogens is 288 g/mol. The highest BCUT2D eigenvalue weighted by molar-refractivity contribution is 7.89. The van der Waals surface area contributed by atoms with Crippen molar-refractivity contribution in [1.82, 2.24) is 9.62 Å². The van der Waals surface area contributed by atoms with Crippen molar-refractivity contribution in [1.29, 1.82) is 0 Å². The predicted octanol–water partition coefficient (Wildman–Crippen LogP) is 0.683. The largest absolute Gasteiger partial charge is 0.398 e. The van der Waals surface area contributed by atoms with Gasteiger partial charge in [0.25, 0.3) is 0 Å². The lowest BCUT2D eigenvalue weighted by atomic mass is 9.84. The Morgan fingerprint density at radius 2 is 2.00 bits per heavy atom. The van der Waals surface area contributed by atoms with Gasteiger partial charge in [0.2, 0.25) is 10.0 Å². The molecule has 6 nitrogen and oxygen atoms in total. The summed E-state index contributed by atoms with van der Waals surface area (Å²) >= 11 is 0. The van der Waals surface area contributed by atoms with E-state index in [9.17, 15) is 8.42 Å². The Hall–Kier alpha value is -1.31. The maximum absolute atomic E-state index is 11.8. The number of benzene rings is 1. The summed E-state index contributed by atoms with van der Waals surface area (Å²) < 4.78 is 25.9. The number of piperidine rings is 3. The number of sulfonamides is 1. The first-order valence-corrected chi connectivity index (χ1v) is 8.80. The van der Waals surface area contributed by atoms with Gasteiger partial charge < -0.3 is 16.0 Å². The molecule has 0 saturated carbocycles. The van der Waals surface area contributed by atoms with Crippen molar-refractivity contribution in [3.63, 3.8) is 0 Å². The highest BCUT2D eigenvalue weighted by Crippen LogP contribution is 2.31. The molecule has 4 N–H and O–H groups in total. The summed E-state index contributed by atoms with van der Waals surface area (Å²) in [5.41, 5.74) is 7.06.